The molecule has 2 aliphatic rings. The summed E-state index contributed by atoms with van der Waals surface area (Å²) in [5.41, 5.74) is 9.55. The van der Waals surface area contributed by atoms with Gasteiger partial charge in [-0.2, -0.15) is 14.7 Å². The predicted octanol–water partition coefficient (Wildman–Crippen LogP) is 1.61. The third kappa shape index (κ3) is 5.04. The van der Waals surface area contributed by atoms with Crippen molar-refractivity contribution in [2.24, 2.45) is 0 Å². The fraction of sp³-hybridized carbons (Fsp3) is 0.462. The SMILES string of the molecule is COCCOCc1ccc(-c2cnn3c(N)c(S(C)(=O)=O)c(C4CC5CCC(C4)N5C(=O)c4ncn[nH]4)nc23)cn1. The first kappa shape index (κ1) is 27.2. The molecule has 0 saturated carbocycles. The van der Waals surface area contributed by atoms with Gasteiger partial charge in [0.05, 0.1) is 37.4 Å². The smallest absolute Gasteiger partial charge is 0.291 e. The van der Waals surface area contributed by atoms with Gasteiger partial charge in [-0.3, -0.25) is 14.9 Å². The number of methoxy groups -OCH3 is 1. The molecule has 216 valence electrons. The summed E-state index contributed by atoms with van der Waals surface area (Å²) in [6.07, 6.45) is 8.52. The third-order valence-electron chi connectivity index (χ3n) is 7.82. The molecule has 41 heavy (non-hydrogen) atoms. The molecule has 0 aromatic carbocycles. The summed E-state index contributed by atoms with van der Waals surface area (Å²) in [5, 5.41) is 10.8. The molecule has 6 heterocycles. The van der Waals surface area contributed by atoms with Crippen LogP contribution in [-0.4, -0.2) is 92.7 Å². The first-order chi connectivity index (χ1) is 19.8. The van der Waals surface area contributed by atoms with Crippen molar-refractivity contribution in [1.82, 2.24) is 39.7 Å². The lowest BCUT2D eigenvalue weighted by Crippen LogP contribution is -2.46. The number of pyridine rings is 1. The fourth-order valence-electron chi connectivity index (χ4n) is 6.03. The monoisotopic (exact) mass is 581 g/mol. The van der Waals surface area contributed by atoms with Gasteiger partial charge in [-0.25, -0.2) is 18.4 Å². The van der Waals surface area contributed by atoms with E-state index in [1.807, 2.05) is 17.0 Å². The third-order valence-corrected chi connectivity index (χ3v) is 8.98. The van der Waals surface area contributed by atoms with Gasteiger partial charge in [0.1, 0.15) is 17.0 Å². The van der Waals surface area contributed by atoms with Crippen LogP contribution in [0, 0.1) is 0 Å². The number of rotatable bonds is 9. The van der Waals surface area contributed by atoms with E-state index in [4.69, 9.17) is 20.2 Å². The fourth-order valence-corrected chi connectivity index (χ4v) is 7.09. The average molecular weight is 582 g/mol. The number of fused-ring (bicyclic) bond motifs is 3. The molecule has 2 fully saturated rings. The van der Waals surface area contributed by atoms with E-state index in [2.05, 4.69) is 25.3 Å². The number of ether oxygens (including phenoxy) is 2. The van der Waals surface area contributed by atoms with Crippen LogP contribution >= 0.6 is 0 Å². The van der Waals surface area contributed by atoms with Gasteiger partial charge in [0, 0.05) is 48.7 Å². The van der Waals surface area contributed by atoms with E-state index in [0.717, 1.165) is 30.4 Å². The van der Waals surface area contributed by atoms with Crippen molar-refractivity contribution in [2.45, 2.75) is 55.2 Å². The molecule has 2 bridgehead atoms. The summed E-state index contributed by atoms with van der Waals surface area (Å²) in [5.74, 6) is -0.193. The number of hydrogen-bond acceptors (Lipinski definition) is 11. The molecule has 6 rings (SSSR count). The number of amides is 1. The summed E-state index contributed by atoms with van der Waals surface area (Å²) in [7, 11) is -2.13. The lowest BCUT2D eigenvalue weighted by molar-refractivity contribution is 0.0556. The molecule has 1 amide bonds. The highest BCUT2D eigenvalue weighted by molar-refractivity contribution is 7.91. The zero-order valence-corrected chi connectivity index (χ0v) is 23.5. The van der Waals surface area contributed by atoms with Crippen molar-refractivity contribution in [2.75, 3.05) is 32.3 Å². The van der Waals surface area contributed by atoms with Crippen LogP contribution in [0.25, 0.3) is 16.8 Å². The highest BCUT2D eigenvalue weighted by Crippen LogP contribution is 2.45. The number of carbonyl (C=O) groups excluding carboxylic acids is 1. The molecule has 3 N–H and O–H groups in total. The molecular weight excluding hydrogens is 550 g/mol. The number of piperidine rings is 1. The number of aromatic nitrogens is 7. The van der Waals surface area contributed by atoms with Gasteiger partial charge in [-0.15, -0.1) is 0 Å². The molecule has 2 aliphatic heterocycles. The minimum Gasteiger partial charge on any atom is -0.382 e. The maximum Gasteiger partial charge on any atom is 0.291 e. The van der Waals surface area contributed by atoms with Gasteiger partial charge in [-0.1, -0.05) is 6.07 Å². The van der Waals surface area contributed by atoms with Gasteiger partial charge >= 0.3 is 0 Å². The van der Waals surface area contributed by atoms with Crippen molar-refractivity contribution >= 4 is 27.2 Å². The highest BCUT2D eigenvalue weighted by atomic mass is 32.2. The Morgan fingerprint density at radius 2 is 1.93 bits per heavy atom. The number of nitrogens with zero attached hydrogens (tertiary/aromatic N) is 7. The summed E-state index contributed by atoms with van der Waals surface area (Å²) >= 11 is 0. The topological polar surface area (TPSA) is 184 Å². The van der Waals surface area contributed by atoms with Crippen LogP contribution in [0.15, 0.2) is 35.7 Å². The number of H-pyrrole nitrogens is 1. The van der Waals surface area contributed by atoms with Crippen LogP contribution < -0.4 is 5.73 Å². The van der Waals surface area contributed by atoms with Crippen molar-refractivity contribution in [1.29, 1.82) is 0 Å². The first-order valence-electron chi connectivity index (χ1n) is 13.3. The Hall–Kier alpha value is -3.95. The number of nitrogens with one attached hydrogen (secondary N) is 1. The second kappa shape index (κ2) is 10.8. The van der Waals surface area contributed by atoms with E-state index in [9.17, 15) is 13.2 Å². The molecule has 2 saturated heterocycles. The Balaban J connectivity index is 1.34. The lowest BCUT2D eigenvalue weighted by atomic mass is 9.87. The van der Waals surface area contributed by atoms with Crippen LogP contribution in [0.5, 0.6) is 0 Å². The number of anilines is 1. The van der Waals surface area contributed by atoms with Gasteiger partial charge in [-0.05, 0) is 31.7 Å². The lowest BCUT2D eigenvalue weighted by Gasteiger charge is -2.38. The summed E-state index contributed by atoms with van der Waals surface area (Å²) in [6.45, 7) is 1.33. The van der Waals surface area contributed by atoms with E-state index < -0.39 is 9.84 Å². The number of sulfone groups is 1. The number of hydrogen-bond donors (Lipinski definition) is 2. The summed E-state index contributed by atoms with van der Waals surface area (Å²) < 4.78 is 38.0. The first-order valence-corrected chi connectivity index (χ1v) is 15.2. The molecule has 4 aromatic heterocycles. The summed E-state index contributed by atoms with van der Waals surface area (Å²) in [4.78, 5) is 28.4. The van der Waals surface area contributed by atoms with Gasteiger partial charge in [0.2, 0.25) is 5.82 Å². The van der Waals surface area contributed by atoms with Crippen LogP contribution in [0.3, 0.4) is 0 Å². The second-order valence-corrected chi connectivity index (χ2v) is 12.4. The van der Waals surface area contributed by atoms with E-state index in [0.29, 0.717) is 49.6 Å². The molecule has 0 aliphatic carbocycles. The largest absolute Gasteiger partial charge is 0.382 e. The Kier molecular flexibility index (Phi) is 7.17. The Labute approximate surface area is 236 Å². The number of aromatic amines is 1. The number of carbonyl (C=O) groups is 1. The molecule has 15 heteroatoms. The Morgan fingerprint density at radius 1 is 1.15 bits per heavy atom. The van der Waals surface area contributed by atoms with Crippen LogP contribution in [0.4, 0.5) is 5.82 Å². The molecule has 0 spiro atoms. The van der Waals surface area contributed by atoms with E-state index in [1.165, 1.54) is 10.8 Å². The van der Waals surface area contributed by atoms with Crippen LogP contribution in [0.1, 0.15) is 53.6 Å². The number of nitrogens with two attached hydrogens (primary N) is 1. The Bertz CT molecular complexity index is 1660. The second-order valence-electron chi connectivity index (χ2n) is 10.5. The van der Waals surface area contributed by atoms with Crippen molar-refractivity contribution in [3.8, 4) is 11.1 Å². The quantitative estimate of drug-likeness (QED) is 0.274. The normalized spacial score (nSPS) is 20.6. The zero-order chi connectivity index (χ0) is 28.7. The minimum atomic E-state index is -3.75. The van der Waals surface area contributed by atoms with Crippen molar-refractivity contribution in [3.05, 3.63) is 48.1 Å². The summed E-state index contributed by atoms with van der Waals surface area (Å²) in [6, 6.07) is 3.61. The number of nitrogen functional groups attached to an aromatic ring is 1. The van der Waals surface area contributed by atoms with Crippen molar-refractivity contribution in [3.63, 3.8) is 0 Å². The molecule has 2 atom stereocenters. The standard InChI is InChI=1S/C26H31N9O5S/c1-39-7-8-40-13-17-4-3-15(11-28-17)20-12-31-35-23(27)22(41(2,37)38)21(32-25(20)35)16-9-18-5-6-19(10-16)34(18)26(36)24-29-14-30-33-24/h3-4,11-12,14,16,18-19H,5-10,13,27H2,1-2H3,(H,29,30,33). The zero-order valence-electron chi connectivity index (χ0n) is 22.7. The molecule has 4 aromatic rings. The maximum atomic E-state index is 13.1. The minimum absolute atomic E-state index is 0.0132. The van der Waals surface area contributed by atoms with Gasteiger partial charge < -0.3 is 20.1 Å². The van der Waals surface area contributed by atoms with E-state index in [1.54, 1.807) is 19.5 Å². The molecule has 14 nitrogen and oxygen atoms in total. The molecule has 0 radical (unpaired) electrons. The maximum absolute atomic E-state index is 13.1. The van der Waals surface area contributed by atoms with Gasteiger partial charge in [0.25, 0.3) is 5.91 Å². The van der Waals surface area contributed by atoms with E-state index in [-0.39, 0.29) is 40.4 Å². The van der Waals surface area contributed by atoms with Crippen LogP contribution in [0.2, 0.25) is 0 Å². The predicted molar refractivity (Wildman–Crippen MR) is 147 cm³/mol. The Morgan fingerprint density at radius 3 is 2.56 bits per heavy atom. The molecule has 2 unspecified atom stereocenters. The van der Waals surface area contributed by atoms with Crippen molar-refractivity contribution < 1.29 is 22.7 Å². The average Bonchev–Trinajstić information content (AvgIpc) is 3.69. The van der Waals surface area contributed by atoms with E-state index >= 15 is 0 Å². The van der Waals surface area contributed by atoms with Gasteiger partial charge in [0.15, 0.2) is 15.5 Å². The molecular formula is C26H31N9O5S. The highest BCUT2D eigenvalue weighted by Gasteiger charge is 2.46. The van der Waals surface area contributed by atoms with Crippen LogP contribution in [-0.2, 0) is 25.9 Å².